The molecule has 0 saturated carbocycles. The van der Waals surface area contributed by atoms with Gasteiger partial charge in [0.25, 0.3) is 0 Å². The molecule has 0 spiro atoms. The summed E-state index contributed by atoms with van der Waals surface area (Å²) in [5.41, 5.74) is 0.718. The van der Waals surface area contributed by atoms with Crippen molar-refractivity contribution >= 4 is 37.1 Å². The summed E-state index contributed by atoms with van der Waals surface area (Å²) >= 11 is 0. The number of aliphatic hydroxyl groups is 1. The second kappa shape index (κ2) is 27.2. The molecule has 0 aliphatic carbocycles. The van der Waals surface area contributed by atoms with Gasteiger partial charge < -0.3 is 55.5 Å². The summed E-state index contributed by atoms with van der Waals surface area (Å²) in [5.74, 6) is -3.81. The predicted molar refractivity (Wildman–Crippen MR) is 239 cm³/mol. The van der Waals surface area contributed by atoms with E-state index in [9.17, 15) is 43.4 Å². The Hall–Kier alpha value is -4.19. The summed E-state index contributed by atoms with van der Waals surface area (Å²) < 4.78 is 23.3. The number of hydrogen-bond acceptors (Lipinski definition) is 10. The van der Waals surface area contributed by atoms with Crippen LogP contribution < -0.4 is 21.3 Å². The van der Waals surface area contributed by atoms with E-state index in [1.807, 2.05) is 66.7 Å². The molecule has 4 atom stereocenters. The first-order valence-electron chi connectivity index (χ1n) is 21.9. The standard InChI is InChI=1S/C44H74N7O11P/c1-31(2)22-35(41(56)49-36(23-34-25-45-30-47-34)42(57)50-37(27-52)40(55)46-24-32(3)28-63(58,59)60)48-38(53)26-51(20-15-10-9-12-16-33-17-13-11-14-18-33)39(54)19-21-61-44(7,8)29-62-43(4,5)6/h11,13-14,17-18,25,30-32,35-37,52H,9-10,12,15-16,19-24,26-29H2,1-8H3,(H,45,47)(H,46,55)(H,48,53)(H,49,56)(H,50,57)(H2,58,59,60)/t32-,35+,36+,37+/m1/s1. The first-order valence-corrected chi connectivity index (χ1v) is 23.7. The molecule has 5 amide bonds. The summed E-state index contributed by atoms with van der Waals surface area (Å²) in [6.45, 7) is 14.4. The van der Waals surface area contributed by atoms with E-state index in [1.54, 1.807) is 0 Å². The quantitative estimate of drug-likeness (QED) is 0.0416. The maximum Gasteiger partial charge on any atom is 0.325 e. The third-order valence-corrected chi connectivity index (χ3v) is 10.9. The molecule has 356 valence electrons. The highest BCUT2D eigenvalue weighted by Crippen LogP contribution is 2.36. The predicted octanol–water partition coefficient (Wildman–Crippen LogP) is 3.01. The van der Waals surface area contributed by atoms with Gasteiger partial charge in [-0.25, -0.2) is 4.98 Å². The van der Waals surface area contributed by atoms with E-state index in [2.05, 4.69) is 43.4 Å². The Bertz CT molecular complexity index is 1730. The number of hydrogen-bond donors (Lipinski definition) is 8. The molecule has 0 unspecified atom stereocenters. The zero-order valence-corrected chi connectivity index (χ0v) is 39.4. The number of nitrogens with one attached hydrogen (secondary N) is 5. The molecule has 18 nitrogen and oxygen atoms in total. The van der Waals surface area contributed by atoms with Gasteiger partial charge in [-0.15, -0.1) is 0 Å². The van der Waals surface area contributed by atoms with E-state index < -0.39 is 73.6 Å². The van der Waals surface area contributed by atoms with Gasteiger partial charge in [0, 0.05) is 31.4 Å². The Kier molecular flexibility index (Phi) is 23.7. The molecule has 0 bridgehead atoms. The minimum Gasteiger partial charge on any atom is -0.394 e. The van der Waals surface area contributed by atoms with Gasteiger partial charge in [-0.1, -0.05) is 63.9 Å². The van der Waals surface area contributed by atoms with Crippen LogP contribution in [0.15, 0.2) is 42.9 Å². The molecule has 1 aromatic heterocycles. The lowest BCUT2D eigenvalue weighted by Crippen LogP contribution is -2.58. The zero-order chi connectivity index (χ0) is 47.2. The van der Waals surface area contributed by atoms with E-state index in [0.717, 1.165) is 25.7 Å². The number of H-pyrrole nitrogens is 1. The lowest BCUT2D eigenvalue weighted by Gasteiger charge is -2.30. The minimum absolute atomic E-state index is 0.0276. The van der Waals surface area contributed by atoms with Gasteiger partial charge in [0.2, 0.25) is 29.5 Å². The van der Waals surface area contributed by atoms with E-state index >= 15 is 0 Å². The van der Waals surface area contributed by atoms with Crippen LogP contribution in [0.3, 0.4) is 0 Å². The molecule has 63 heavy (non-hydrogen) atoms. The number of carbonyl (C=O) groups is 5. The highest BCUT2D eigenvalue weighted by molar-refractivity contribution is 7.51. The molecule has 0 aliphatic heterocycles. The number of nitrogens with zero attached hydrogens (tertiary/aromatic N) is 2. The molecule has 0 aliphatic rings. The summed E-state index contributed by atoms with van der Waals surface area (Å²) in [5, 5.41) is 20.4. The normalized spacial score (nSPS) is 14.0. The Labute approximate surface area is 373 Å². The molecule has 8 N–H and O–H groups in total. The third-order valence-electron chi connectivity index (χ3n) is 9.80. The van der Waals surface area contributed by atoms with Gasteiger partial charge in [0.05, 0.1) is 56.5 Å². The number of aromatic amines is 1. The molecule has 1 heterocycles. The smallest absolute Gasteiger partial charge is 0.325 e. The molecule has 1 aromatic carbocycles. The van der Waals surface area contributed by atoms with Crippen LogP contribution in [0.25, 0.3) is 0 Å². The fraction of sp³-hybridized carbons (Fsp3) is 0.682. The molecular formula is C44H74N7O11P. The van der Waals surface area contributed by atoms with Gasteiger partial charge in [0.1, 0.15) is 18.1 Å². The monoisotopic (exact) mass is 908 g/mol. The van der Waals surface area contributed by atoms with Gasteiger partial charge in [-0.05, 0) is 77.7 Å². The van der Waals surface area contributed by atoms with Crippen molar-refractivity contribution in [3.63, 3.8) is 0 Å². The SMILES string of the molecule is CC(C)C[C@H](NC(=O)CN(CCCCCCc1ccccc1)C(=O)CCOC(C)(C)COC(C)(C)C)C(=O)N[C@@H](Cc1cnc[nH]1)C(=O)N[C@@H](CO)C(=O)NC[C@@H](C)CP(=O)(O)O. The number of rotatable bonds is 30. The first kappa shape index (κ1) is 54.9. The largest absolute Gasteiger partial charge is 0.394 e. The summed E-state index contributed by atoms with van der Waals surface area (Å²) in [6.07, 6.45) is 6.90. The molecule has 2 aromatic rings. The van der Waals surface area contributed by atoms with Crippen molar-refractivity contribution in [1.29, 1.82) is 0 Å². The summed E-state index contributed by atoms with van der Waals surface area (Å²) in [6, 6.07) is 6.36. The average molecular weight is 908 g/mol. The first-order chi connectivity index (χ1) is 29.5. The number of carbonyl (C=O) groups excluding carboxylic acids is 5. The van der Waals surface area contributed by atoms with Gasteiger partial charge in [-0.2, -0.15) is 0 Å². The molecule has 0 radical (unpaired) electrons. The summed E-state index contributed by atoms with van der Waals surface area (Å²) in [7, 11) is -4.33. The van der Waals surface area contributed by atoms with Crippen LogP contribution in [0, 0.1) is 11.8 Å². The third kappa shape index (κ3) is 24.5. The van der Waals surface area contributed by atoms with Crippen LogP contribution in [0.2, 0.25) is 0 Å². The molecule has 0 fully saturated rings. The minimum atomic E-state index is -4.33. The molecular weight excluding hydrogens is 833 g/mol. The van der Waals surface area contributed by atoms with E-state index in [4.69, 9.17) is 9.47 Å². The van der Waals surface area contributed by atoms with Crippen LogP contribution in [0.5, 0.6) is 0 Å². The second-order valence-electron chi connectivity index (χ2n) is 18.3. The maximum absolute atomic E-state index is 14.0. The van der Waals surface area contributed by atoms with Crippen LogP contribution in [0.1, 0.15) is 105 Å². The van der Waals surface area contributed by atoms with Crippen molar-refractivity contribution in [2.45, 2.75) is 136 Å². The highest BCUT2D eigenvalue weighted by Gasteiger charge is 2.32. The molecule has 0 saturated heterocycles. The van der Waals surface area contributed by atoms with Crippen LogP contribution in [-0.4, -0.2) is 134 Å². The van der Waals surface area contributed by atoms with Crippen molar-refractivity contribution in [3.8, 4) is 0 Å². The number of ether oxygens (including phenoxy) is 2. The highest BCUT2D eigenvalue weighted by atomic mass is 31.2. The second-order valence-corrected chi connectivity index (χ2v) is 20.0. The lowest BCUT2D eigenvalue weighted by molar-refractivity contribution is -0.141. The number of amides is 5. The Morgan fingerprint density at radius 3 is 2.11 bits per heavy atom. The fourth-order valence-electron chi connectivity index (χ4n) is 6.48. The number of aliphatic hydroxyl groups excluding tert-OH is 1. The van der Waals surface area contributed by atoms with Crippen molar-refractivity contribution in [2.75, 3.05) is 45.6 Å². The molecule has 19 heteroatoms. The van der Waals surface area contributed by atoms with Gasteiger partial charge in [0.15, 0.2) is 0 Å². The van der Waals surface area contributed by atoms with Crippen LogP contribution in [-0.2, 0) is 50.9 Å². The Balaban J connectivity index is 2.17. The Morgan fingerprint density at radius 2 is 1.51 bits per heavy atom. The average Bonchev–Trinajstić information content (AvgIpc) is 3.71. The zero-order valence-electron chi connectivity index (χ0n) is 38.5. The number of unbranched alkanes of at least 4 members (excludes halogenated alkanes) is 3. The van der Waals surface area contributed by atoms with E-state index in [1.165, 1.54) is 29.9 Å². The van der Waals surface area contributed by atoms with Crippen molar-refractivity contribution in [2.24, 2.45) is 11.8 Å². The van der Waals surface area contributed by atoms with Gasteiger partial charge >= 0.3 is 7.60 Å². The maximum atomic E-state index is 14.0. The van der Waals surface area contributed by atoms with E-state index in [-0.39, 0.29) is 56.4 Å². The summed E-state index contributed by atoms with van der Waals surface area (Å²) in [4.78, 5) is 94.7. The number of aryl methyl sites for hydroxylation is 1. The van der Waals surface area contributed by atoms with Crippen LogP contribution in [0.4, 0.5) is 0 Å². The van der Waals surface area contributed by atoms with Crippen molar-refractivity contribution < 1.29 is 52.9 Å². The van der Waals surface area contributed by atoms with Gasteiger partial charge in [-0.3, -0.25) is 28.5 Å². The molecule has 2 rings (SSSR count). The number of imidazole rings is 1. The number of benzene rings is 1. The van der Waals surface area contributed by atoms with Crippen LogP contribution >= 0.6 is 7.60 Å². The van der Waals surface area contributed by atoms with Crippen molar-refractivity contribution in [3.05, 3.63) is 54.1 Å². The van der Waals surface area contributed by atoms with E-state index in [0.29, 0.717) is 25.3 Å². The lowest BCUT2D eigenvalue weighted by atomic mass is 10.0. The number of aromatic nitrogens is 2. The topological polar surface area (TPSA) is 262 Å². The fourth-order valence-corrected chi connectivity index (χ4v) is 7.42. The van der Waals surface area contributed by atoms with Crippen molar-refractivity contribution in [1.82, 2.24) is 36.1 Å². The Morgan fingerprint density at radius 1 is 0.857 bits per heavy atom.